The number of hydrogen-bond donors (Lipinski definition) is 2. The molecule has 1 aromatic rings. The van der Waals surface area contributed by atoms with Crippen molar-refractivity contribution in [3.05, 3.63) is 11.6 Å². The minimum Gasteiger partial charge on any atom is -0.321 e. The van der Waals surface area contributed by atoms with E-state index in [4.69, 9.17) is 5.73 Å². The lowest BCUT2D eigenvalue weighted by Crippen LogP contribution is -2.10. The molecule has 1 unspecified atom stereocenters. The highest BCUT2D eigenvalue weighted by Gasteiger charge is 2.27. The molecule has 0 saturated heterocycles. The van der Waals surface area contributed by atoms with Crippen LogP contribution in [0.1, 0.15) is 49.8 Å². The number of hydrogen-bond acceptors (Lipinski definition) is 3. The largest absolute Gasteiger partial charge is 0.321 e. The van der Waals surface area contributed by atoms with Crippen LogP contribution in [-0.2, 0) is 0 Å². The van der Waals surface area contributed by atoms with Crippen molar-refractivity contribution in [2.75, 3.05) is 0 Å². The van der Waals surface area contributed by atoms with Gasteiger partial charge in [0, 0.05) is 5.92 Å². The third kappa shape index (κ3) is 1.34. The molecule has 12 heavy (non-hydrogen) atoms. The fourth-order valence-electron chi connectivity index (χ4n) is 1.18. The molecule has 1 atom stereocenters. The summed E-state index contributed by atoms with van der Waals surface area (Å²) >= 11 is 0. The number of H-pyrrole nitrogens is 1. The fourth-order valence-corrected chi connectivity index (χ4v) is 1.18. The van der Waals surface area contributed by atoms with Crippen molar-refractivity contribution in [1.82, 2.24) is 15.2 Å². The summed E-state index contributed by atoms with van der Waals surface area (Å²) < 4.78 is 0. The number of aromatic nitrogens is 3. The van der Waals surface area contributed by atoms with E-state index in [-0.39, 0.29) is 6.04 Å². The molecule has 1 aromatic heterocycles. The van der Waals surface area contributed by atoms with E-state index in [0.717, 1.165) is 18.1 Å². The summed E-state index contributed by atoms with van der Waals surface area (Å²) in [6, 6.07) is -0.00579. The van der Waals surface area contributed by atoms with E-state index in [1.54, 1.807) is 0 Å². The van der Waals surface area contributed by atoms with Crippen molar-refractivity contribution in [3.8, 4) is 0 Å². The van der Waals surface area contributed by atoms with Gasteiger partial charge in [0.1, 0.15) is 5.82 Å². The predicted molar refractivity (Wildman–Crippen MR) is 45.6 cm³/mol. The molecule has 0 spiro atoms. The Morgan fingerprint density at radius 3 is 3.00 bits per heavy atom. The SMILES string of the molecule is CCC(N)c1n[nH]c(C2CC2)n1. The van der Waals surface area contributed by atoms with E-state index >= 15 is 0 Å². The molecule has 4 nitrogen and oxygen atoms in total. The molecule has 1 heterocycles. The van der Waals surface area contributed by atoms with Gasteiger partial charge in [-0.3, -0.25) is 5.10 Å². The van der Waals surface area contributed by atoms with Gasteiger partial charge in [0.25, 0.3) is 0 Å². The third-order valence-corrected chi connectivity index (χ3v) is 2.26. The standard InChI is InChI=1S/C8H14N4/c1-2-6(9)8-10-7(11-12-8)5-3-4-5/h5-6H,2-4,9H2,1H3,(H,10,11,12). The summed E-state index contributed by atoms with van der Waals surface area (Å²) in [6.45, 7) is 2.04. The first-order valence-corrected chi connectivity index (χ1v) is 4.49. The van der Waals surface area contributed by atoms with Gasteiger partial charge < -0.3 is 5.73 Å². The van der Waals surface area contributed by atoms with Crippen LogP contribution in [0.4, 0.5) is 0 Å². The summed E-state index contributed by atoms with van der Waals surface area (Å²) in [5, 5.41) is 7.03. The number of rotatable bonds is 3. The Morgan fingerprint density at radius 1 is 1.67 bits per heavy atom. The topological polar surface area (TPSA) is 67.6 Å². The van der Waals surface area contributed by atoms with E-state index in [1.807, 2.05) is 6.92 Å². The van der Waals surface area contributed by atoms with Crippen LogP contribution in [0.15, 0.2) is 0 Å². The van der Waals surface area contributed by atoms with Gasteiger partial charge in [-0.2, -0.15) is 5.10 Å². The molecule has 0 aliphatic heterocycles. The maximum absolute atomic E-state index is 5.78. The van der Waals surface area contributed by atoms with Crippen molar-refractivity contribution in [2.45, 2.75) is 38.1 Å². The van der Waals surface area contributed by atoms with Crippen LogP contribution in [0.5, 0.6) is 0 Å². The molecule has 1 aliphatic carbocycles. The molecule has 1 fully saturated rings. The van der Waals surface area contributed by atoms with Gasteiger partial charge in [-0.1, -0.05) is 6.92 Å². The number of nitrogens with one attached hydrogen (secondary N) is 1. The summed E-state index contributed by atoms with van der Waals surface area (Å²) in [5.74, 6) is 2.42. The second-order valence-corrected chi connectivity index (χ2v) is 3.37. The molecule has 0 aromatic carbocycles. The number of nitrogens with two attached hydrogens (primary N) is 1. The molecule has 1 aliphatic rings. The molecule has 4 heteroatoms. The zero-order valence-electron chi connectivity index (χ0n) is 7.25. The van der Waals surface area contributed by atoms with E-state index in [1.165, 1.54) is 12.8 Å². The normalized spacial score (nSPS) is 19.5. The second kappa shape index (κ2) is 2.86. The third-order valence-electron chi connectivity index (χ3n) is 2.26. The minimum atomic E-state index is -0.00579. The van der Waals surface area contributed by atoms with Gasteiger partial charge in [-0.15, -0.1) is 0 Å². The van der Waals surface area contributed by atoms with Gasteiger partial charge >= 0.3 is 0 Å². The maximum Gasteiger partial charge on any atom is 0.167 e. The smallest absolute Gasteiger partial charge is 0.167 e. The van der Waals surface area contributed by atoms with Crippen molar-refractivity contribution in [3.63, 3.8) is 0 Å². The predicted octanol–water partition coefficient (Wildman–Crippen LogP) is 1.09. The molecule has 2 rings (SSSR count). The molecular weight excluding hydrogens is 152 g/mol. The van der Waals surface area contributed by atoms with Crippen molar-refractivity contribution >= 4 is 0 Å². The molecule has 66 valence electrons. The zero-order chi connectivity index (χ0) is 8.55. The van der Waals surface area contributed by atoms with Crippen LogP contribution < -0.4 is 5.73 Å². The molecular formula is C8H14N4. The summed E-state index contributed by atoms with van der Waals surface area (Å²) in [6.07, 6.45) is 3.38. The molecule has 0 radical (unpaired) electrons. The Hall–Kier alpha value is -0.900. The first-order valence-electron chi connectivity index (χ1n) is 4.49. The highest BCUT2D eigenvalue weighted by molar-refractivity contribution is 5.06. The quantitative estimate of drug-likeness (QED) is 0.706. The van der Waals surface area contributed by atoms with Gasteiger partial charge in [0.2, 0.25) is 0 Å². The molecule has 3 N–H and O–H groups in total. The average Bonchev–Trinajstić information content (AvgIpc) is 2.83. The maximum atomic E-state index is 5.78. The minimum absolute atomic E-state index is 0.00579. The van der Waals surface area contributed by atoms with Crippen molar-refractivity contribution in [2.24, 2.45) is 5.73 Å². The van der Waals surface area contributed by atoms with Crippen LogP contribution in [0, 0.1) is 0 Å². The Bertz CT molecular complexity index is 264. The highest BCUT2D eigenvalue weighted by atomic mass is 15.2. The van der Waals surface area contributed by atoms with Crippen LogP contribution in [0.25, 0.3) is 0 Å². The number of nitrogens with zero attached hydrogens (tertiary/aromatic N) is 2. The lowest BCUT2D eigenvalue weighted by atomic mass is 10.2. The zero-order valence-corrected chi connectivity index (χ0v) is 7.25. The van der Waals surface area contributed by atoms with Crippen LogP contribution in [0.2, 0.25) is 0 Å². The van der Waals surface area contributed by atoms with Crippen LogP contribution >= 0.6 is 0 Å². The van der Waals surface area contributed by atoms with E-state index in [9.17, 15) is 0 Å². The summed E-state index contributed by atoms with van der Waals surface area (Å²) in [5.41, 5.74) is 5.78. The molecule has 1 saturated carbocycles. The Kier molecular flexibility index (Phi) is 1.84. The lowest BCUT2D eigenvalue weighted by molar-refractivity contribution is 0.652. The molecule has 0 amide bonds. The van der Waals surface area contributed by atoms with Gasteiger partial charge in [0.05, 0.1) is 6.04 Å². The van der Waals surface area contributed by atoms with Crippen molar-refractivity contribution < 1.29 is 0 Å². The van der Waals surface area contributed by atoms with Crippen LogP contribution in [0.3, 0.4) is 0 Å². The monoisotopic (exact) mass is 166 g/mol. The van der Waals surface area contributed by atoms with E-state index in [2.05, 4.69) is 15.2 Å². The Labute approximate surface area is 71.6 Å². The summed E-state index contributed by atoms with van der Waals surface area (Å²) in [4.78, 5) is 4.35. The Morgan fingerprint density at radius 2 is 2.42 bits per heavy atom. The Balaban J connectivity index is 2.12. The van der Waals surface area contributed by atoms with Crippen LogP contribution in [-0.4, -0.2) is 15.2 Å². The first-order chi connectivity index (χ1) is 5.81. The average molecular weight is 166 g/mol. The second-order valence-electron chi connectivity index (χ2n) is 3.37. The molecule has 0 bridgehead atoms. The van der Waals surface area contributed by atoms with Gasteiger partial charge in [0.15, 0.2) is 5.82 Å². The van der Waals surface area contributed by atoms with Crippen molar-refractivity contribution in [1.29, 1.82) is 0 Å². The highest BCUT2D eigenvalue weighted by Crippen LogP contribution is 2.37. The van der Waals surface area contributed by atoms with Gasteiger partial charge in [-0.05, 0) is 19.3 Å². The lowest BCUT2D eigenvalue weighted by Gasteiger charge is -2.00. The van der Waals surface area contributed by atoms with E-state index < -0.39 is 0 Å². The van der Waals surface area contributed by atoms with E-state index in [0.29, 0.717) is 5.92 Å². The first kappa shape index (κ1) is 7.73. The number of aromatic amines is 1. The summed E-state index contributed by atoms with van der Waals surface area (Å²) in [7, 11) is 0. The fraction of sp³-hybridized carbons (Fsp3) is 0.750. The van der Waals surface area contributed by atoms with Gasteiger partial charge in [-0.25, -0.2) is 4.98 Å².